The number of nitrogens with one attached hydrogen (secondary N) is 1. The number of anilines is 1. The van der Waals surface area contributed by atoms with E-state index in [1.807, 2.05) is 26.0 Å². The van der Waals surface area contributed by atoms with Crippen LogP contribution in [-0.4, -0.2) is 58.5 Å². The van der Waals surface area contributed by atoms with Crippen molar-refractivity contribution in [2.45, 2.75) is 50.6 Å². The molecule has 0 saturated heterocycles. The van der Waals surface area contributed by atoms with Gasteiger partial charge in [0.2, 0.25) is 11.8 Å². The number of methoxy groups -OCH3 is 2. The highest BCUT2D eigenvalue weighted by Crippen LogP contribution is 2.26. The van der Waals surface area contributed by atoms with E-state index in [4.69, 9.17) is 9.47 Å². The van der Waals surface area contributed by atoms with Crippen LogP contribution in [0.4, 0.5) is 5.69 Å². The van der Waals surface area contributed by atoms with Crippen molar-refractivity contribution in [2.75, 3.05) is 31.6 Å². The van der Waals surface area contributed by atoms with Gasteiger partial charge in [-0.2, -0.15) is 0 Å². The van der Waals surface area contributed by atoms with Crippen molar-refractivity contribution in [2.24, 2.45) is 0 Å². The Kier molecular flexibility index (Phi) is 11.6. The second kappa shape index (κ2) is 15.1. The Morgan fingerprint density at radius 2 is 1.56 bits per heavy atom. The van der Waals surface area contributed by atoms with E-state index in [0.29, 0.717) is 30.2 Å². The van der Waals surface area contributed by atoms with Crippen molar-refractivity contribution in [1.82, 2.24) is 10.2 Å². The second-order valence-electron chi connectivity index (χ2n) is 9.46. The number of sulfonamides is 1. The maximum Gasteiger partial charge on any atom is 0.264 e. The molecule has 0 aromatic heterocycles. The molecule has 3 rings (SSSR count). The Morgan fingerprint density at radius 1 is 0.878 bits per heavy atom. The minimum atomic E-state index is -4.15. The van der Waals surface area contributed by atoms with E-state index in [1.165, 1.54) is 24.1 Å². The Balaban J connectivity index is 2.02. The van der Waals surface area contributed by atoms with Crippen LogP contribution in [0.3, 0.4) is 0 Å². The smallest absolute Gasteiger partial charge is 0.264 e. The van der Waals surface area contributed by atoms with Crippen molar-refractivity contribution in [3.63, 3.8) is 0 Å². The average Bonchev–Trinajstić information content (AvgIpc) is 3.00. The van der Waals surface area contributed by atoms with Gasteiger partial charge in [-0.15, -0.1) is 0 Å². The summed E-state index contributed by atoms with van der Waals surface area (Å²) in [7, 11) is -1.10. The monoisotopic (exact) mass is 581 g/mol. The Morgan fingerprint density at radius 3 is 2.17 bits per heavy atom. The molecule has 0 spiro atoms. The molecule has 1 N–H and O–H groups in total. The lowest BCUT2D eigenvalue weighted by Crippen LogP contribution is -2.52. The highest BCUT2D eigenvalue weighted by molar-refractivity contribution is 7.92. The van der Waals surface area contributed by atoms with E-state index in [1.54, 1.807) is 61.7 Å². The Hall–Kier alpha value is -4.05. The van der Waals surface area contributed by atoms with Gasteiger partial charge in [-0.1, -0.05) is 50.6 Å². The molecule has 0 bridgehead atoms. The fraction of sp³-hybridized carbons (Fsp3) is 0.355. The quantitative estimate of drug-likeness (QED) is 0.263. The lowest BCUT2D eigenvalue weighted by atomic mass is 10.1. The molecular weight excluding hydrogens is 542 g/mol. The molecule has 0 saturated carbocycles. The van der Waals surface area contributed by atoms with Crippen LogP contribution in [0.15, 0.2) is 83.8 Å². The number of amides is 2. The zero-order valence-electron chi connectivity index (χ0n) is 24.1. The Bertz CT molecular complexity index is 1380. The third-order valence-electron chi connectivity index (χ3n) is 6.67. The van der Waals surface area contributed by atoms with Gasteiger partial charge in [0.1, 0.15) is 24.1 Å². The van der Waals surface area contributed by atoms with Crippen molar-refractivity contribution >= 4 is 27.5 Å². The summed E-state index contributed by atoms with van der Waals surface area (Å²) in [6.45, 7) is 3.96. The largest absolute Gasteiger partial charge is 0.497 e. The van der Waals surface area contributed by atoms with Crippen LogP contribution in [0.1, 0.15) is 38.7 Å². The van der Waals surface area contributed by atoms with Gasteiger partial charge >= 0.3 is 0 Å². The predicted molar refractivity (Wildman–Crippen MR) is 160 cm³/mol. The molecule has 0 fully saturated rings. The number of carbonyl (C=O) groups is 2. The van der Waals surface area contributed by atoms with Gasteiger partial charge in [0.05, 0.1) is 24.8 Å². The molecule has 220 valence electrons. The molecule has 0 aliphatic carbocycles. The third kappa shape index (κ3) is 8.23. The van der Waals surface area contributed by atoms with E-state index >= 15 is 0 Å². The maximum atomic E-state index is 14.1. The van der Waals surface area contributed by atoms with Crippen LogP contribution in [0, 0.1) is 0 Å². The van der Waals surface area contributed by atoms with Gasteiger partial charge in [-0.25, -0.2) is 8.42 Å². The van der Waals surface area contributed by atoms with Gasteiger partial charge in [-0.3, -0.25) is 13.9 Å². The van der Waals surface area contributed by atoms with E-state index in [-0.39, 0.29) is 17.3 Å². The standard InChI is InChI=1S/C31H39N3O6S/c1-5-7-20-32-31(36)29(6-2)33(22-24-12-11-15-27(21-24)40-4)30(35)23-34(25-13-9-8-10-14-25)41(37,38)28-18-16-26(39-3)17-19-28/h8-19,21,29H,5-7,20,22-23H2,1-4H3,(H,32,36)/t29-/m1/s1. The van der Waals surface area contributed by atoms with Gasteiger partial charge in [0.25, 0.3) is 10.0 Å². The number of rotatable bonds is 15. The van der Waals surface area contributed by atoms with Gasteiger partial charge in [-0.05, 0) is 66.9 Å². The number of unbranched alkanes of at least 4 members (excludes halogenated alkanes) is 1. The fourth-order valence-corrected chi connectivity index (χ4v) is 5.81. The summed E-state index contributed by atoms with van der Waals surface area (Å²) >= 11 is 0. The highest BCUT2D eigenvalue weighted by Gasteiger charge is 2.33. The Labute approximate surface area is 243 Å². The molecule has 3 aromatic carbocycles. The molecule has 0 aliphatic rings. The van der Waals surface area contributed by atoms with Gasteiger partial charge in [0, 0.05) is 13.1 Å². The van der Waals surface area contributed by atoms with E-state index in [2.05, 4.69) is 5.32 Å². The van der Waals surface area contributed by atoms with E-state index < -0.39 is 28.5 Å². The zero-order valence-corrected chi connectivity index (χ0v) is 24.9. The predicted octanol–water partition coefficient (Wildman–Crippen LogP) is 4.62. The first-order valence-corrected chi connectivity index (χ1v) is 15.1. The average molecular weight is 582 g/mol. The number of hydrogen-bond donors (Lipinski definition) is 1. The van der Waals surface area contributed by atoms with Crippen molar-refractivity contribution in [1.29, 1.82) is 0 Å². The number of ether oxygens (including phenoxy) is 2. The molecule has 41 heavy (non-hydrogen) atoms. The molecule has 10 heteroatoms. The molecule has 0 heterocycles. The summed E-state index contributed by atoms with van der Waals surface area (Å²) < 4.78 is 39.4. The van der Waals surface area contributed by atoms with Crippen molar-refractivity contribution < 1.29 is 27.5 Å². The van der Waals surface area contributed by atoms with Gasteiger partial charge in [0.15, 0.2) is 0 Å². The normalized spacial score (nSPS) is 11.8. The SMILES string of the molecule is CCCCNC(=O)[C@@H](CC)N(Cc1cccc(OC)c1)C(=O)CN(c1ccccc1)S(=O)(=O)c1ccc(OC)cc1. The van der Waals surface area contributed by atoms with Gasteiger partial charge < -0.3 is 19.7 Å². The molecule has 0 aliphatic heterocycles. The highest BCUT2D eigenvalue weighted by atomic mass is 32.2. The van der Waals surface area contributed by atoms with Crippen LogP contribution in [0.2, 0.25) is 0 Å². The van der Waals surface area contributed by atoms with E-state index in [9.17, 15) is 18.0 Å². The summed E-state index contributed by atoms with van der Waals surface area (Å²) in [5.41, 5.74) is 1.08. The summed E-state index contributed by atoms with van der Waals surface area (Å²) in [6.07, 6.45) is 2.08. The summed E-state index contributed by atoms with van der Waals surface area (Å²) in [4.78, 5) is 28.8. The molecular formula is C31H39N3O6S. The minimum Gasteiger partial charge on any atom is -0.497 e. The number of nitrogens with zero attached hydrogens (tertiary/aromatic N) is 2. The van der Waals surface area contributed by atoms with Crippen LogP contribution < -0.4 is 19.1 Å². The molecule has 3 aromatic rings. The molecule has 1 atom stereocenters. The summed E-state index contributed by atoms with van der Waals surface area (Å²) in [5, 5.41) is 2.93. The van der Waals surface area contributed by atoms with Crippen molar-refractivity contribution in [3.05, 3.63) is 84.4 Å². The van der Waals surface area contributed by atoms with Crippen molar-refractivity contribution in [3.8, 4) is 11.5 Å². The summed E-state index contributed by atoms with van der Waals surface area (Å²) in [5.74, 6) is 0.340. The lowest BCUT2D eigenvalue weighted by molar-refractivity contribution is -0.140. The van der Waals surface area contributed by atoms with Crippen LogP contribution in [0.5, 0.6) is 11.5 Å². The molecule has 0 radical (unpaired) electrons. The molecule has 0 unspecified atom stereocenters. The molecule has 2 amide bonds. The van der Waals surface area contributed by atoms with Crippen LogP contribution >= 0.6 is 0 Å². The minimum absolute atomic E-state index is 0.0126. The first-order chi connectivity index (χ1) is 19.7. The topological polar surface area (TPSA) is 105 Å². The second-order valence-corrected chi connectivity index (χ2v) is 11.3. The third-order valence-corrected chi connectivity index (χ3v) is 8.46. The fourth-order valence-electron chi connectivity index (χ4n) is 4.39. The summed E-state index contributed by atoms with van der Waals surface area (Å²) in [6, 6.07) is 20.9. The number of benzene rings is 3. The number of carbonyl (C=O) groups excluding carboxylic acids is 2. The first kappa shape index (κ1) is 31.5. The van der Waals surface area contributed by atoms with Crippen LogP contribution in [-0.2, 0) is 26.2 Å². The molecule has 9 nitrogen and oxygen atoms in total. The maximum absolute atomic E-state index is 14.1. The first-order valence-electron chi connectivity index (χ1n) is 13.7. The zero-order chi connectivity index (χ0) is 29.8. The number of hydrogen-bond acceptors (Lipinski definition) is 6. The lowest BCUT2D eigenvalue weighted by Gasteiger charge is -2.33. The van der Waals surface area contributed by atoms with E-state index in [0.717, 1.165) is 22.7 Å². The van der Waals surface area contributed by atoms with Crippen LogP contribution in [0.25, 0.3) is 0 Å². The number of para-hydroxylation sites is 1.